The number of rotatable bonds is 5. The van der Waals surface area contributed by atoms with Gasteiger partial charge in [0.25, 0.3) is 0 Å². The number of benzene rings is 1. The van der Waals surface area contributed by atoms with Crippen molar-refractivity contribution in [3.8, 4) is 11.5 Å². The van der Waals surface area contributed by atoms with E-state index in [0.717, 1.165) is 5.56 Å². The molecule has 0 bridgehead atoms. The lowest BCUT2D eigenvalue weighted by Crippen LogP contribution is -2.05. The summed E-state index contributed by atoms with van der Waals surface area (Å²) in [6.07, 6.45) is 1.47. The molecule has 0 fully saturated rings. The van der Waals surface area contributed by atoms with E-state index in [2.05, 4.69) is 10.1 Å². The van der Waals surface area contributed by atoms with Gasteiger partial charge in [-0.15, -0.1) is 11.6 Å². The van der Waals surface area contributed by atoms with Gasteiger partial charge in [-0.05, 0) is 17.7 Å². The molecule has 7 heteroatoms. The quantitative estimate of drug-likeness (QED) is 0.797. The van der Waals surface area contributed by atoms with Crippen LogP contribution in [0, 0.1) is 0 Å². The van der Waals surface area contributed by atoms with Gasteiger partial charge in [-0.3, -0.25) is 4.68 Å². The van der Waals surface area contributed by atoms with Gasteiger partial charge in [0.2, 0.25) is 0 Å². The number of methoxy groups -OCH3 is 1. The van der Waals surface area contributed by atoms with Crippen LogP contribution in [0.4, 0.5) is 0 Å². The van der Waals surface area contributed by atoms with Crippen molar-refractivity contribution in [3.05, 3.63) is 34.9 Å². The molecule has 2 aromatic rings. The zero-order valence-electron chi connectivity index (χ0n) is 10.6. The fourth-order valence-corrected chi connectivity index (χ4v) is 2.02. The molecule has 1 aromatic carbocycles. The van der Waals surface area contributed by atoms with E-state index >= 15 is 0 Å². The van der Waals surface area contributed by atoms with Crippen LogP contribution < -0.4 is 9.47 Å². The van der Waals surface area contributed by atoms with Gasteiger partial charge < -0.3 is 9.47 Å². The Balaban J connectivity index is 2.22. The third kappa shape index (κ3) is 3.11. The van der Waals surface area contributed by atoms with Crippen molar-refractivity contribution in [1.29, 1.82) is 0 Å². The Hall–Kier alpha value is -1.46. The first-order valence-corrected chi connectivity index (χ1v) is 6.45. The van der Waals surface area contributed by atoms with Gasteiger partial charge in [-0.2, -0.15) is 5.10 Å². The molecular formula is C12H13Cl2N3O2. The summed E-state index contributed by atoms with van der Waals surface area (Å²) in [5, 5.41) is 4.42. The lowest BCUT2D eigenvalue weighted by atomic mass is 10.2. The van der Waals surface area contributed by atoms with Crippen LogP contribution >= 0.6 is 23.2 Å². The lowest BCUT2D eigenvalue weighted by Gasteiger charge is -2.13. The first kappa shape index (κ1) is 14.0. The average Bonchev–Trinajstić information content (AvgIpc) is 2.82. The molecule has 1 heterocycles. The monoisotopic (exact) mass is 301 g/mol. The summed E-state index contributed by atoms with van der Waals surface area (Å²) >= 11 is 11.9. The van der Waals surface area contributed by atoms with Crippen molar-refractivity contribution in [3.63, 3.8) is 0 Å². The Morgan fingerprint density at radius 2 is 2.16 bits per heavy atom. The van der Waals surface area contributed by atoms with Crippen molar-refractivity contribution in [2.75, 3.05) is 7.11 Å². The van der Waals surface area contributed by atoms with Crippen molar-refractivity contribution in [2.24, 2.45) is 7.05 Å². The summed E-state index contributed by atoms with van der Waals surface area (Å²) in [6.45, 7) is 0.257. The molecule has 19 heavy (non-hydrogen) atoms. The van der Waals surface area contributed by atoms with Crippen molar-refractivity contribution < 1.29 is 9.47 Å². The minimum absolute atomic E-state index is 0.257. The first-order chi connectivity index (χ1) is 9.15. The van der Waals surface area contributed by atoms with Gasteiger partial charge >= 0.3 is 0 Å². The summed E-state index contributed by atoms with van der Waals surface area (Å²) in [4.78, 5) is 4.07. The molecule has 1 aromatic heterocycles. The van der Waals surface area contributed by atoms with E-state index in [1.165, 1.54) is 6.33 Å². The van der Waals surface area contributed by atoms with Crippen LogP contribution in [0.1, 0.15) is 11.4 Å². The van der Waals surface area contributed by atoms with Crippen LogP contribution in [0.5, 0.6) is 11.5 Å². The number of hydrogen-bond donors (Lipinski definition) is 0. The van der Waals surface area contributed by atoms with Crippen LogP contribution in [0.3, 0.4) is 0 Å². The molecule has 2 rings (SSSR count). The number of nitrogens with zero attached hydrogens (tertiary/aromatic N) is 3. The molecule has 102 valence electrons. The van der Waals surface area contributed by atoms with Gasteiger partial charge in [-0.1, -0.05) is 11.6 Å². The molecule has 0 radical (unpaired) electrons. The normalized spacial score (nSPS) is 10.5. The molecule has 0 amide bonds. The molecule has 0 atom stereocenters. The minimum atomic E-state index is 0.257. The number of alkyl halides is 1. The standard InChI is InChI=1S/C12H13Cl2N3O2/c1-17-11(15-7-16-17)6-19-12-9(14)3-8(5-13)4-10(12)18-2/h3-4,7H,5-6H2,1-2H3. The van der Waals surface area contributed by atoms with Crippen LogP contribution in [0.25, 0.3) is 0 Å². The second kappa shape index (κ2) is 6.12. The molecule has 0 aliphatic heterocycles. The van der Waals surface area contributed by atoms with E-state index < -0.39 is 0 Å². The summed E-state index contributed by atoms with van der Waals surface area (Å²) in [7, 11) is 3.35. The summed E-state index contributed by atoms with van der Waals surface area (Å²) in [6, 6.07) is 3.55. The van der Waals surface area contributed by atoms with E-state index in [1.54, 1.807) is 31.0 Å². The molecule has 0 aliphatic rings. The van der Waals surface area contributed by atoms with Crippen molar-refractivity contribution in [1.82, 2.24) is 14.8 Å². The smallest absolute Gasteiger partial charge is 0.180 e. The van der Waals surface area contributed by atoms with Crippen molar-refractivity contribution in [2.45, 2.75) is 12.5 Å². The molecule has 0 saturated heterocycles. The SMILES string of the molecule is COc1cc(CCl)cc(Cl)c1OCc1ncnn1C. The fourth-order valence-electron chi connectivity index (χ4n) is 1.58. The molecule has 0 unspecified atom stereocenters. The van der Waals surface area contributed by atoms with E-state index in [-0.39, 0.29) is 6.61 Å². The van der Waals surface area contributed by atoms with Crippen LogP contribution in [0.15, 0.2) is 18.5 Å². The fraction of sp³-hybridized carbons (Fsp3) is 0.333. The van der Waals surface area contributed by atoms with Gasteiger partial charge in [0.15, 0.2) is 17.3 Å². The maximum Gasteiger partial charge on any atom is 0.180 e. The molecule has 0 saturated carbocycles. The first-order valence-electron chi connectivity index (χ1n) is 5.53. The van der Waals surface area contributed by atoms with Crippen molar-refractivity contribution >= 4 is 23.2 Å². The van der Waals surface area contributed by atoms with Gasteiger partial charge in [0.05, 0.1) is 12.1 Å². The van der Waals surface area contributed by atoms with Gasteiger partial charge in [-0.25, -0.2) is 4.98 Å². The Morgan fingerprint density at radius 3 is 2.74 bits per heavy atom. The molecule has 0 spiro atoms. The van der Waals surface area contributed by atoms with E-state index in [0.29, 0.717) is 28.2 Å². The largest absolute Gasteiger partial charge is 0.493 e. The predicted octanol–water partition coefficient (Wildman–Crippen LogP) is 2.79. The Bertz CT molecular complexity index is 572. The zero-order valence-corrected chi connectivity index (χ0v) is 12.1. The maximum absolute atomic E-state index is 6.17. The summed E-state index contributed by atoms with van der Waals surface area (Å²) in [5.41, 5.74) is 0.870. The Labute approximate surface area is 121 Å². The third-order valence-electron chi connectivity index (χ3n) is 2.59. The number of halogens is 2. The second-order valence-corrected chi connectivity index (χ2v) is 4.51. The zero-order chi connectivity index (χ0) is 13.8. The maximum atomic E-state index is 6.17. The van der Waals surface area contributed by atoms with Crippen LogP contribution in [0.2, 0.25) is 5.02 Å². The predicted molar refractivity (Wildman–Crippen MR) is 72.9 cm³/mol. The minimum Gasteiger partial charge on any atom is -0.493 e. The average molecular weight is 302 g/mol. The third-order valence-corrected chi connectivity index (χ3v) is 3.18. The van der Waals surface area contributed by atoms with Gasteiger partial charge in [0.1, 0.15) is 12.9 Å². The van der Waals surface area contributed by atoms with E-state index in [1.807, 2.05) is 0 Å². The highest BCUT2D eigenvalue weighted by Crippen LogP contribution is 2.37. The molecule has 5 nitrogen and oxygen atoms in total. The Morgan fingerprint density at radius 1 is 1.37 bits per heavy atom. The number of hydrogen-bond acceptors (Lipinski definition) is 4. The second-order valence-electron chi connectivity index (χ2n) is 3.83. The topological polar surface area (TPSA) is 49.2 Å². The highest BCUT2D eigenvalue weighted by atomic mass is 35.5. The summed E-state index contributed by atoms with van der Waals surface area (Å²) in [5.74, 6) is 2.07. The highest BCUT2D eigenvalue weighted by Gasteiger charge is 2.13. The van der Waals surface area contributed by atoms with E-state index in [4.69, 9.17) is 32.7 Å². The highest BCUT2D eigenvalue weighted by molar-refractivity contribution is 6.32. The molecular weight excluding hydrogens is 289 g/mol. The Kier molecular flexibility index (Phi) is 4.50. The molecule has 0 aliphatic carbocycles. The molecule has 0 N–H and O–H groups in total. The van der Waals surface area contributed by atoms with Crippen LogP contribution in [-0.2, 0) is 19.5 Å². The number of ether oxygens (including phenoxy) is 2. The lowest BCUT2D eigenvalue weighted by molar-refractivity contribution is 0.271. The van der Waals surface area contributed by atoms with Gasteiger partial charge in [0, 0.05) is 12.9 Å². The van der Waals surface area contributed by atoms with E-state index in [9.17, 15) is 0 Å². The number of aromatic nitrogens is 3. The summed E-state index contributed by atoms with van der Waals surface area (Å²) < 4.78 is 12.6. The number of aryl methyl sites for hydroxylation is 1. The van der Waals surface area contributed by atoms with Crippen LogP contribution in [-0.4, -0.2) is 21.9 Å².